The first-order valence-electron chi connectivity index (χ1n) is 9.13. The fourth-order valence-electron chi connectivity index (χ4n) is 3.52. The summed E-state index contributed by atoms with van der Waals surface area (Å²) in [6, 6.07) is 3.96. The van der Waals surface area contributed by atoms with Crippen LogP contribution in [0.5, 0.6) is 5.75 Å². The van der Waals surface area contributed by atoms with Gasteiger partial charge in [0, 0.05) is 12.8 Å². The summed E-state index contributed by atoms with van der Waals surface area (Å²) in [6.07, 6.45) is 7.02. The van der Waals surface area contributed by atoms with E-state index in [0.29, 0.717) is 6.61 Å². The molecule has 134 valence electrons. The van der Waals surface area contributed by atoms with E-state index in [1.54, 1.807) is 7.11 Å². The van der Waals surface area contributed by atoms with Gasteiger partial charge in [-0.25, -0.2) is 0 Å². The Morgan fingerprint density at radius 3 is 2.21 bits per heavy atom. The molecule has 1 aromatic carbocycles. The van der Waals surface area contributed by atoms with Crippen LogP contribution in [0.1, 0.15) is 63.0 Å². The number of nitrogens with one attached hydrogen (secondary N) is 1. The Morgan fingerprint density at radius 1 is 1.12 bits per heavy atom. The van der Waals surface area contributed by atoms with E-state index in [1.165, 1.54) is 12.8 Å². The van der Waals surface area contributed by atoms with E-state index in [4.69, 9.17) is 9.47 Å². The second-order valence-corrected chi connectivity index (χ2v) is 6.85. The van der Waals surface area contributed by atoms with Crippen LogP contribution in [0, 0.1) is 13.8 Å². The van der Waals surface area contributed by atoms with Gasteiger partial charge in [0.15, 0.2) is 0 Å². The highest BCUT2D eigenvalue weighted by molar-refractivity contribution is 5.97. The Balaban J connectivity index is 2.15. The highest BCUT2D eigenvalue weighted by atomic mass is 16.5. The van der Waals surface area contributed by atoms with E-state index in [2.05, 4.69) is 12.2 Å². The molecule has 1 N–H and O–H groups in total. The maximum Gasteiger partial charge on any atom is 0.256 e. The number of amides is 1. The number of aryl methyl sites for hydroxylation is 2. The van der Waals surface area contributed by atoms with Crippen molar-refractivity contribution < 1.29 is 14.3 Å². The van der Waals surface area contributed by atoms with Gasteiger partial charge in [0.25, 0.3) is 5.91 Å². The zero-order valence-electron chi connectivity index (χ0n) is 15.5. The third-order valence-electron chi connectivity index (χ3n) is 4.88. The highest BCUT2D eigenvalue weighted by Gasteiger charge is 2.38. The first kappa shape index (κ1) is 18.8. The molecule has 2 rings (SSSR count). The molecule has 0 saturated heterocycles. The van der Waals surface area contributed by atoms with E-state index >= 15 is 0 Å². The van der Waals surface area contributed by atoms with Crippen LogP contribution in [0.25, 0.3) is 0 Å². The quantitative estimate of drug-likeness (QED) is 0.763. The lowest BCUT2D eigenvalue weighted by Gasteiger charge is -2.30. The minimum absolute atomic E-state index is 0.0204. The van der Waals surface area contributed by atoms with Crippen molar-refractivity contribution in [3.63, 3.8) is 0 Å². The van der Waals surface area contributed by atoms with Crippen LogP contribution in [0.2, 0.25) is 0 Å². The summed E-state index contributed by atoms with van der Waals surface area (Å²) in [4.78, 5) is 12.9. The van der Waals surface area contributed by atoms with E-state index in [-0.39, 0.29) is 5.91 Å². The Labute approximate surface area is 145 Å². The number of carbonyl (C=O) groups excluding carboxylic acids is 1. The van der Waals surface area contributed by atoms with Gasteiger partial charge in [-0.2, -0.15) is 0 Å². The Morgan fingerprint density at radius 2 is 1.71 bits per heavy atom. The first-order chi connectivity index (χ1) is 11.5. The fourth-order valence-corrected chi connectivity index (χ4v) is 3.52. The molecule has 1 amide bonds. The average Bonchev–Trinajstić information content (AvgIpc) is 2.80. The molecule has 0 unspecified atom stereocenters. The van der Waals surface area contributed by atoms with Gasteiger partial charge in [0.05, 0.1) is 6.61 Å². The topological polar surface area (TPSA) is 47.6 Å². The monoisotopic (exact) mass is 333 g/mol. The molecule has 24 heavy (non-hydrogen) atoms. The minimum Gasteiger partial charge on any atom is -0.493 e. The molecule has 0 bridgehead atoms. The van der Waals surface area contributed by atoms with Crippen molar-refractivity contribution >= 4 is 11.6 Å². The zero-order valence-corrected chi connectivity index (χ0v) is 15.5. The van der Waals surface area contributed by atoms with E-state index in [9.17, 15) is 4.79 Å². The van der Waals surface area contributed by atoms with Gasteiger partial charge in [-0.05, 0) is 56.4 Å². The number of anilines is 1. The number of rotatable bonds is 6. The molecular weight excluding hydrogens is 302 g/mol. The fraction of sp³-hybridized carbons (Fsp3) is 0.650. The maximum absolute atomic E-state index is 12.9. The summed E-state index contributed by atoms with van der Waals surface area (Å²) in [7, 11) is 1.66. The SMILES string of the molecule is CCCOc1c(C)cc(NC(=O)C2(OC)CCCCCC2)cc1C. The molecule has 1 aliphatic rings. The largest absolute Gasteiger partial charge is 0.493 e. The molecule has 1 saturated carbocycles. The molecule has 0 spiro atoms. The maximum atomic E-state index is 12.9. The Kier molecular flexibility index (Phi) is 6.67. The number of hydrogen-bond donors (Lipinski definition) is 1. The predicted molar refractivity (Wildman–Crippen MR) is 97.8 cm³/mol. The zero-order chi connectivity index (χ0) is 17.6. The molecule has 4 heteroatoms. The van der Waals surface area contributed by atoms with Gasteiger partial charge < -0.3 is 14.8 Å². The van der Waals surface area contributed by atoms with Crippen molar-refractivity contribution in [1.29, 1.82) is 0 Å². The highest BCUT2D eigenvalue weighted by Crippen LogP contribution is 2.33. The molecule has 4 nitrogen and oxygen atoms in total. The Bertz CT molecular complexity index is 537. The number of ether oxygens (including phenoxy) is 2. The number of methoxy groups -OCH3 is 1. The van der Waals surface area contributed by atoms with Crippen LogP contribution < -0.4 is 10.1 Å². The third kappa shape index (κ3) is 4.29. The minimum atomic E-state index is -0.685. The molecule has 1 fully saturated rings. The van der Waals surface area contributed by atoms with Crippen LogP contribution in [0.4, 0.5) is 5.69 Å². The standard InChI is InChI=1S/C20H31NO3/c1-5-12-24-18-15(2)13-17(14-16(18)3)21-19(22)20(23-4)10-8-6-7-9-11-20/h13-14H,5-12H2,1-4H3,(H,21,22). The summed E-state index contributed by atoms with van der Waals surface area (Å²) < 4.78 is 11.5. The van der Waals surface area contributed by atoms with Gasteiger partial charge >= 0.3 is 0 Å². The van der Waals surface area contributed by atoms with Crippen LogP contribution >= 0.6 is 0 Å². The van der Waals surface area contributed by atoms with Gasteiger partial charge in [-0.1, -0.05) is 32.6 Å². The van der Waals surface area contributed by atoms with Gasteiger partial charge in [-0.3, -0.25) is 4.79 Å². The molecule has 0 aromatic heterocycles. The van der Waals surface area contributed by atoms with Crippen molar-refractivity contribution in [3.8, 4) is 5.75 Å². The van der Waals surface area contributed by atoms with Gasteiger partial charge in [-0.15, -0.1) is 0 Å². The van der Waals surface area contributed by atoms with Crippen molar-refractivity contribution in [2.75, 3.05) is 19.0 Å². The van der Waals surface area contributed by atoms with Crippen molar-refractivity contribution in [2.24, 2.45) is 0 Å². The molecule has 0 heterocycles. The second kappa shape index (κ2) is 8.52. The molecule has 0 atom stereocenters. The van der Waals surface area contributed by atoms with Crippen molar-refractivity contribution in [3.05, 3.63) is 23.3 Å². The molecule has 1 aliphatic carbocycles. The molecule has 0 aliphatic heterocycles. The second-order valence-electron chi connectivity index (χ2n) is 6.85. The van der Waals surface area contributed by atoms with Gasteiger partial charge in [0.1, 0.15) is 11.4 Å². The predicted octanol–water partition coefficient (Wildman–Crippen LogP) is 4.77. The summed E-state index contributed by atoms with van der Waals surface area (Å²) in [5.41, 5.74) is 2.23. The molecule has 0 radical (unpaired) electrons. The van der Waals surface area contributed by atoms with E-state index < -0.39 is 5.60 Å². The van der Waals surface area contributed by atoms with E-state index in [0.717, 1.165) is 54.7 Å². The van der Waals surface area contributed by atoms with E-state index in [1.807, 2.05) is 26.0 Å². The normalized spacial score (nSPS) is 17.2. The number of hydrogen-bond acceptors (Lipinski definition) is 3. The molecule has 1 aromatic rings. The first-order valence-corrected chi connectivity index (χ1v) is 9.13. The number of carbonyl (C=O) groups is 1. The lowest BCUT2D eigenvalue weighted by Crippen LogP contribution is -2.44. The van der Waals surface area contributed by atoms with Crippen molar-refractivity contribution in [1.82, 2.24) is 0 Å². The number of benzene rings is 1. The molecular formula is C20H31NO3. The van der Waals surface area contributed by atoms with Gasteiger partial charge in [0.2, 0.25) is 0 Å². The lowest BCUT2D eigenvalue weighted by molar-refractivity contribution is -0.139. The summed E-state index contributed by atoms with van der Waals surface area (Å²) in [5, 5.41) is 3.08. The Hall–Kier alpha value is -1.55. The van der Waals surface area contributed by atoms with Crippen LogP contribution in [-0.2, 0) is 9.53 Å². The van der Waals surface area contributed by atoms with Crippen molar-refractivity contribution in [2.45, 2.75) is 71.3 Å². The van der Waals surface area contributed by atoms with Crippen LogP contribution in [-0.4, -0.2) is 25.2 Å². The van der Waals surface area contributed by atoms with Crippen LogP contribution in [0.3, 0.4) is 0 Å². The summed E-state index contributed by atoms with van der Waals surface area (Å²) >= 11 is 0. The lowest BCUT2D eigenvalue weighted by atomic mass is 9.93. The van der Waals surface area contributed by atoms with Crippen LogP contribution in [0.15, 0.2) is 12.1 Å². The summed E-state index contributed by atoms with van der Waals surface area (Å²) in [6.45, 7) is 6.84. The third-order valence-corrected chi connectivity index (χ3v) is 4.88. The summed E-state index contributed by atoms with van der Waals surface area (Å²) in [5.74, 6) is 0.902. The smallest absolute Gasteiger partial charge is 0.256 e. The average molecular weight is 333 g/mol.